The van der Waals surface area contributed by atoms with Gasteiger partial charge in [0.25, 0.3) is 0 Å². The first-order valence-corrected chi connectivity index (χ1v) is 4.40. The summed E-state index contributed by atoms with van der Waals surface area (Å²) in [7, 11) is 0. The fourth-order valence-corrected chi connectivity index (χ4v) is 2.21. The van der Waals surface area contributed by atoms with Gasteiger partial charge >= 0.3 is 0 Å². The Labute approximate surface area is 71.6 Å². The van der Waals surface area contributed by atoms with Crippen molar-refractivity contribution in [1.29, 1.82) is 0 Å². The Balaban J connectivity index is 2.40. The van der Waals surface area contributed by atoms with Crippen molar-refractivity contribution in [2.75, 3.05) is 0 Å². The molecule has 1 atom stereocenters. The van der Waals surface area contributed by atoms with Gasteiger partial charge in [-0.25, -0.2) is 0 Å². The van der Waals surface area contributed by atoms with E-state index in [9.17, 15) is 9.59 Å². The molecule has 0 saturated heterocycles. The van der Waals surface area contributed by atoms with Crippen LogP contribution >= 0.6 is 0 Å². The Bertz CT molecular complexity index is 288. The minimum atomic E-state index is -0.407. The molecule has 2 aliphatic rings. The number of ketones is 2. The molecular formula is C10H12O2. The van der Waals surface area contributed by atoms with Crippen molar-refractivity contribution in [3.63, 3.8) is 0 Å². The predicted octanol–water partition coefficient (Wildman–Crippen LogP) is 1.64. The Hall–Kier alpha value is -0.920. The van der Waals surface area contributed by atoms with E-state index >= 15 is 0 Å². The minimum absolute atomic E-state index is 0.128. The Morgan fingerprint density at radius 1 is 1.33 bits per heavy atom. The molecule has 0 spiro atoms. The van der Waals surface area contributed by atoms with Crippen molar-refractivity contribution in [3.05, 3.63) is 11.6 Å². The zero-order chi connectivity index (χ0) is 8.77. The van der Waals surface area contributed by atoms with E-state index in [1.165, 1.54) is 0 Å². The maximum Gasteiger partial charge on any atom is 0.156 e. The van der Waals surface area contributed by atoms with Gasteiger partial charge in [0.05, 0.1) is 5.41 Å². The van der Waals surface area contributed by atoms with Gasteiger partial charge in [-0.15, -0.1) is 0 Å². The molecule has 0 aromatic heterocycles. The molecule has 2 rings (SSSR count). The first-order valence-electron chi connectivity index (χ1n) is 4.40. The molecule has 2 nitrogen and oxygen atoms in total. The lowest BCUT2D eigenvalue weighted by molar-refractivity contribution is -0.129. The number of allylic oxidation sites excluding steroid dienone is 2. The maximum atomic E-state index is 11.6. The smallest absolute Gasteiger partial charge is 0.156 e. The average Bonchev–Trinajstić information content (AvgIpc) is 2.27. The normalized spacial score (nSPS) is 34.9. The molecule has 0 aromatic carbocycles. The second-order valence-corrected chi connectivity index (χ2v) is 3.92. The van der Waals surface area contributed by atoms with Gasteiger partial charge in [0.1, 0.15) is 5.78 Å². The van der Waals surface area contributed by atoms with E-state index in [4.69, 9.17) is 0 Å². The van der Waals surface area contributed by atoms with Gasteiger partial charge in [0, 0.05) is 12.8 Å². The Morgan fingerprint density at radius 2 is 2.08 bits per heavy atom. The van der Waals surface area contributed by atoms with Crippen molar-refractivity contribution in [2.45, 2.75) is 32.6 Å². The quantitative estimate of drug-likeness (QED) is 0.545. The van der Waals surface area contributed by atoms with Crippen molar-refractivity contribution in [1.82, 2.24) is 0 Å². The third-order valence-corrected chi connectivity index (χ3v) is 3.04. The summed E-state index contributed by atoms with van der Waals surface area (Å²) in [6.07, 6.45) is 4.61. The van der Waals surface area contributed by atoms with Crippen LogP contribution in [-0.2, 0) is 9.59 Å². The lowest BCUT2D eigenvalue weighted by atomic mass is 9.72. The SMILES string of the molecule is CC12CC(=O)C=C1CCCC2=O. The molecule has 0 N–H and O–H groups in total. The second kappa shape index (κ2) is 2.28. The van der Waals surface area contributed by atoms with E-state index in [0.29, 0.717) is 12.8 Å². The van der Waals surface area contributed by atoms with Crippen molar-refractivity contribution in [3.8, 4) is 0 Å². The van der Waals surface area contributed by atoms with E-state index < -0.39 is 5.41 Å². The monoisotopic (exact) mass is 164 g/mol. The van der Waals surface area contributed by atoms with Gasteiger partial charge < -0.3 is 0 Å². The molecule has 1 unspecified atom stereocenters. The number of carbonyl (C=O) groups is 2. The highest BCUT2D eigenvalue weighted by atomic mass is 16.1. The number of hydrogen-bond acceptors (Lipinski definition) is 2. The summed E-state index contributed by atoms with van der Waals surface area (Å²) in [5, 5.41) is 0. The van der Waals surface area contributed by atoms with Crippen LogP contribution in [0.3, 0.4) is 0 Å². The second-order valence-electron chi connectivity index (χ2n) is 3.92. The van der Waals surface area contributed by atoms with E-state index in [1.54, 1.807) is 6.08 Å². The highest BCUT2D eigenvalue weighted by Crippen LogP contribution is 2.44. The lowest BCUT2D eigenvalue weighted by Gasteiger charge is -2.29. The van der Waals surface area contributed by atoms with Crippen LogP contribution in [0.1, 0.15) is 32.6 Å². The Morgan fingerprint density at radius 3 is 2.75 bits per heavy atom. The molecule has 1 saturated carbocycles. The maximum absolute atomic E-state index is 11.6. The largest absolute Gasteiger partial charge is 0.299 e. The van der Waals surface area contributed by atoms with Crippen LogP contribution in [-0.4, -0.2) is 11.6 Å². The number of hydrogen-bond donors (Lipinski definition) is 0. The Kier molecular flexibility index (Phi) is 1.47. The van der Waals surface area contributed by atoms with Crippen LogP contribution in [0.5, 0.6) is 0 Å². The van der Waals surface area contributed by atoms with E-state index in [1.807, 2.05) is 6.92 Å². The molecule has 0 amide bonds. The molecule has 2 heteroatoms. The molecule has 0 aromatic rings. The highest BCUT2D eigenvalue weighted by Gasteiger charge is 2.44. The molecule has 1 fully saturated rings. The average molecular weight is 164 g/mol. The summed E-state index contributed by atoms with van der Waals surface area (Å²) in [6.45, 7) is 1.91. The number of rotatable bonds is 0. The lowest BCUT2D eigenvalue weighted by Crippen LogP contribution is -2.31. The number of fused-ring (bicyclic) bond motifs is 1. The van der Waals surface area contributed by atoms with Crippen LogP contribution in [0.4, 0.5) is 0 Å². The molecule has 0 bridgehead atoms. The zero-order valence-corrected chi connectivity index (χ0v) is 7.22. The third kappa shape index (κ3) is 0.872. The van der Waals surface area contributed by atoms with Gasteiger partial charge in [0.15, 0.2) is 5.78 Å². The molecule has 12 heavy (non-hydrogen) atoms. The minimum Gasteiger partial charge on any atom is -0.299 e. The van der Waals surface area contributed by atoms with Crippen molar-refractivity contribution < 1.29 is 9.59 Å². The molecule has 2 aliphatic carbocycles. The van der Waals surface area contributed by atoms with Crippen LogP contribution in [0.15, 0.2) is 11.6 Å². The van der Waals surface area contributed by atoms with Crippen molar-refractivity contribution in [2.24, 2.45) is 5.41 Å². The molecule has 0 aliphatic heterocycles. The van der Waals surface area contributed by atoms with Crippen molar-refractivity contribution >= 4 is 11.6 Å². The van der Waals surface area contributed by atoms with Gasteiger partial charge in [-0.05, 0) is 25.8 Å². The van der Waals surface area contributed by atoms with E-state index in [-0.39, 0.29) is 11.6 Å². The molecule has 0 heterocycles. The predicted molar refractivity (Wildman–Crippen MR) is 44.7 cm³/mol. The molecule has 64 valence electrons. The first kappa shape index (κ1) is 7.71. The summed E-state index contributed by atoms with van der Waals surface area (Å²) >= 11 is 0. The number of carbonyl (C=O) groups excluding carboxylic acids is 2. The van der Waals surface area contributed by atoms with Crippen LogP contribution in [0.2, 0.25) is 0 Å². The molecular weight excluding hydrogens is 152 g/mol. The van der Waals surface area contributed by atoms with E-state index in [2.05, 4.69) is 0 Å². The van der Waals surface area contributed by atoms with E-state index in [0.717, 1.165) is 18.4 Å². The summed E-state index contributed by atoms with van der Waals surface area (Å²) in [4.78, 5) is 22.7. The summed E-state index contributed by atoms with van der Waals surface area (Å²) in [5.74, 6) is 0.383. The zero-order valence-electron chi connectivity index (χ0n) is 7.22. The standard InChI is InChI=1S/C10H12O2/c1-10-6-8(11)5-7(10)3-2-4-9(10)12/h5H,2-4,6H2,1H3. The summed E-state index contributed by atoms with van der Waals surface area (Å²) in [5.41, 5.74) is 0.666. The number of Topliss-reactive ketones (excluding diaryl/α,β-unsaturated/α-hetero) is 1. The van der Waals surface area contributed by atoms with Gasteiger partial charge in [-0.2, -0.15) is 0 Å². The third-order valence-electron chi connectivity index (χ3n) is 3.04. The van der Waals surface area contributed by atoms with Gasteiger partial charge in [-0.3, -0.25) is 9.59 Å². The first-order chi connectivity index (χ1) is 5.63. The van der Waals surface area contributed by atoms with Gasteiger partial charge in [-0.1, -0.05) is 5.57 Å². The van der Waals surface area contributed by atoms with Gasteiger partial charge in [0.2, 0.25) is 0 Å². The molecule has 0 radical (unpaired) electrons. The highest BCUT2D eigenvalue weighted by molar-refractivity contribution is 6.03. The van der Waals surface area contributed by atoms with Crippen LogP contribution in [0.25, 0.3) is 0 Å². The fraction of sp³-hybridized carbons (Fsp3) is 0.600. The summed E-state index contributed by atoms with van der Waals surface area (Å²) in [6, 6.07) is 0. The summed E-state index contributed by atoms with van der Waals surface area (Å²) < 4.78 is 0. The topological polar surface area (TPSA) is 34.1 Å². The van der Waals surface area contributed by atoms with Crippen LogP contribution in [0, 0.1) is 5.41 Å². The fourth-order valence-electron chi connectivity index (χ4n) is 2.21. The van der Waals surface area contributed by atoms with Crippen LogP contribution < -0.4 is 0 Å².